The molecule has 0 unspecified atom stereocenters. The molecule has 9 aromatic rings. The minimum absolute atomic E-state index is 1.16. The summed E-state index contributed by atoms with van der Waals surface area (Å²) in [4.78, 5) is 4.94. The number of hydrogen-bond donors (Lipinski definition) is 0. The van der Waals surface area contributed by atoms with Crippen molar-refractivity contribution < 1.29 is 0 Å². The van der Waals surface area contributed by atoms with Crippen molar-refractivity contribution in [2.24, 2.45) is 0 Å². The van der Waals surface area contributed by atoms with Crippen LogP contribution in [0.1, 0.15) is 0 Å². The van der Waals surface area contributed by atoms with Crippen LogP contribution in [0.4, 0.5) is 17.1 Å². The van der Waals surface area contributed by atoms with Crippen LogP contribution in [-0.4, -0.2) is 0 Å². The molecule has 10 rings (SSSR count). The highest BCUT2D eigenvalue weighted by atomic mass is 32.2. The van der Waals surface area contributed by atoms with Crippen molar-refractivity contribution in [3.63, 3.8) is 0 Å². The monoisotopic (exact) mass is 653 g/mol. The molecule has 0 saturated heterocycles. The fourth-order valence-electron chi connectivity index (χ4n) is 7.65. The predicted molar refractivity (Wildman–Crippen MR) is 214 cm³/mol. The highest BCUT2D eigenvalue weighted by Gasteiger charge is 2.24. The van der Waals surface area contributed by atoms with Gasteiger partial charge >= 0.3 is 0 Å². The Labute approximate surface area is 296 Å². The maximum Gasteiger partial charge on any atom is 0.0601 e. The van der Waals surface area contributed by atoms with E-state index in [0.717, 1.165) is 5.69 Å². The summed E-state index contributed by atoms with van der Waals surface area (Å²) in [5.41, 5.74) is 10.8. The molecule has 0 bridgehead atoms. The standard InChI is InChI=1S/C48H31NS/c1-2-20-41-39(18-1)40-19-3-4-21-42(40)44-31-37(26-27-43(41)44)35-15-10-13-33(29-35)32-12-9-14-34(28-32)36-16-11-17-38(30-36)49-45-22-5-7-24-47(45)50-48-25-8-6-23-46(48)49/h1-31H. The number of nitrogens with zero attached hydrogens (tertiary/aromatic N) is 1. The van der Waals surface area contributed by atoms with Crippen LogP contribution < -0.4 is 4.90 Å². The molecule has 1 nitrogen and oxygen atoms in total. The topological polar surface area (TPSA) is 3.24 Å². The molecule has 1 aliphatic rings. The third-order valence-electron chi connectivity index (χ3n) is 10.0. The Morgan fingerprint density at radius 1 is 0.280 bits per heavy atom. The van der Waals surface area contributed by atoms with Crippen LogP contribution in [0, 0.1) is 0 Å². The van der Waals surface area contributed by atoms with E-state index >= 15 is 0 Å². The van der Waals surface area contributed by atoms with Gasteiger partial charge in [0.1, 0.15) is 0 Å². The minimum atomic E-state index is 1.16. The Bertz CT molecular complexity index is 2680. The summed E-state index contributed by atoms with van der Waals surface area (Å²) in [5, 5.41) is 7.79. The van der Waals surface area contributed by atoms with Gasteiger partial charge in [-0.25, -0.2) is 0 Å². The van der Waals surface area contributed by atoms with Gasteiger partial charge in [-0.2, -0.15) is 0 Å². The molecular formula is C48H31NS. The normalized spacial score (nSPS) is 12.3. The predicted octanol–water partition coefficient (Wildman–Crippen LogP) is 14.1. The van der Waals surface area contributed by atoms with Crippen molar-refractivity contribution in [2.75, 3.05) is 4.90 Å². The molecule has 2 heteroatoms. The summed E-state index contributed by atoms with van der Waals surface area (Å²) in [6.07, 6.45) is 0. The lowest BCUT2D eigenvalue weighted by molar-refractivity contribution is 1.17. The van der Waals surface area contributed by atoms with Gasteiger partial charge in [-0.1, -0.05) is 145 Å². The van der Waals surface area contributed by atoms with E-state index in [1.54, 1.807) is 0 Å². The SMILES string of the molecule is c1cc(-c2cccc(-c3ccc4c5ccccc5c5ccccc5c4c3)c2)cc(-c2cccc(N3c4ccccc4Sc4ccccc43)c2)c1. The largest absolute Gasteiger partial charge is 0.308 e. The Morgan fingerprint density at radius 3 is 1.22 bits per heavy atom. The van der Waals surface area contributed by atoms with Crippen molar-refractivity contribution in [1.29, 1.82) is 0 Å². The zero-order valence-corrected chi connectivity index (χ0v) is 28.1. The number of para-hydroxylation sites is 2. The van der Waals surface area contributed by atoms with E-state index in [4.69, 9.17) is 0 Å². The van der Waals surface area contributed by atoms with E-state index in [1.807, 2.05) is 11.8 Å². The number of fused-ring (bicyclic) bond motifs is 8. The molecule has 9 aromatic carbocycles. The lowest BCUT2D eigenvalue weighted by Crippen LogP contribution is -2.14. The zero-order valence-electron chi connectivity index (χ0n) is 27.3. The van der Waals surface area contributed by atoms with Crippen LogP contribution in [0.5, 0.6) is 0 Å². The summed E-state index contributed by atoms with van der Waals surface area (Å²) < 4.78 is 0. The lowest BCUT2D eigenvalue weighted by Gasteiger charge is -2.33. The van der Waals surface area contributed by atoms with Crippen LogP contribution in [-0.2, 0) is 0 Å². The Balaban J connectivity index is 1.03. The van der Waals surface area contributed by atoms with E-state index in [0.29, 0.717) is 0 Å². The van der Waals surface area contributed by atoms with E-state index in [1.165, 1.54) is 86.9 Å². The minimum Gasteiger partial charge on any atom is -0.308 e. The van der Waals surface area contributed by atoms with Crippen LogP contribution in [0.15, 0.2) is 198 Å². The molecule has 0 N–H and O–H groups in total. The first-order chi connectivity index (χ1) is 24.8. The third-order valence-corrected chi connectivity index (χ3v) is 11.1. The molecule has 1 aliphatic heterocycles. The smallest absolute Gasteiger partial charge is 0.0601 e. The van der Waals surface area contributed by atoms with Gasteiger partial charge in [-0.3, -0.25) is 0 Å². The molecular weight excluding hydrogens is 623 g/mol. The highest BCUT2D eigenvalue weighted by Crippen LogP contribution is 2.51. The Kier molecular flexibility index (Phi) is 6.82. The molecule has 0 saturated carbocycles. The second-order valence-electron chi connectivity index (χ2n) is 12.9. The molecule has 0 fully saturated rings. The van der Waals surface area contributed by atoms with Gasteiger partial charge in [0.2, 0.25) is 0 Å². The molecule has 0 atom stereocenters. The van der Waals surface area contributed by atoms with Crippen molar-refractivity contribution >= 4 is 61.1 Å². The molecule has 0 spiro atoms. The van der Waals surface area contributed by atoms with E-state index < -0.39 is 0 Å². The summed E-state index contributed by atoms with van der Waals surface area (Å²) in [6, 6.07) is 68.8. The van der Waals surface area contributed by atoms with Gasteiger partial charge in [-0.15, -0.1) is 0 Å². The van der Waals surface area contributed by atoms with Crippen LogP contribution >= 0.6 is 11.8 Å². The highest BCUT2D eigenvalue weighted by molar-refractivity contribution is 7.99. The maximum atomic E-state index is 2.40. The zero-order chi connectivity index (χ0) is 33.0. The van der Waals surface area contributed by atoms with Gasteiger partial charge in [0.05, 0.1) is 11.4 Å². The molecule has 0 aromatic heterocycles. The van der Waals surface area contributed by atoms with E-state index in [2.05, 4.69) is 193 Å². The second-order valence-corrected chi connectivity index (χ2v) is 14.0. The van der Waals surface area contributed by atoms with Crippen LogP contribution in [0.25, 0.3) is 65.7 Å². The van der Waals surface area contributed by atoms with Gasteiger partial charge in [-0.05, 0) is 120 Å². The van der Waals surface area contributed by atoms with E-state index in [9.17, 15) is 0 Å². The van der Waals surface area contributed by atoms with Crippen molar-refractivity contribution in [3.05, 3.63) is 188 Å². The third kappa shape index (κ3) is 4.80. The molecule has 0 radical (unpaired) electrons. The number of benzene rings is 9. The summed E-state index contributed by atoms with van der Waals surface area (Å²) in [7, 11) is 0. The fourth-order valence-corrected chi connectivity index (χ4v) is 8.71. The van der Waals surface area contributed by atoms with Crippen LogP contribution in [0.3, 0.4) is 0 Å². The summed E-state index contributed by atoms with van der Waals surface area (Å²) in [6.45, 7) is 0. The van der Waals surface area contributed by atoms with Gasteiger partial charge in [0, 0.05) is 15.5 Å². The first-order valence-electron chi connectivity index (χ1n) is 17.1. The average Bonchev–Trinajstić information content (AvgIpc) is 3.20. The number of anilines is 3. The molecule has 1 heterocycles. The Morgan fingerprint density at radius 2 is 0.680 bits per heavy atom. The first-order valence-corrected chi connectivity index (χ1v) is 17.9. The van der Waals surface area contributed by atoms with Gasteiger partial charge in [0.15, 0.2) is 0 Å². The second kappa shape index (κ2) is 11.8. The quantitative estimate of drug-likeness (QED) is 0.174. The van der Waals surface area contributed by atoms with Gasteiger partial charge in [0.25, 0.3) is 0 Å². The molecule has 50 heavy (non-hydrogen) atoms. The molecule has 0 aliphatic carbocycles. The van der Waals surface area contributed by atoms with Crippen molar-refractivity contribution in [2.45, 2.75) is 9.79 Å². The summed E-state index contributed by atoms with van der Waals surface area (Å²) in [5.74, 6) is 0. The first kappa shape index (κ1) is 28.9. The lowest BCUT2D eigenvalue weighted by atomic mass is 9.91. The average molecular weight is 654 g/mol. The number of hydrogen-bond acceptors (Lipinski definition) is 2. The van der Waals surface area contributed by atoms with E-state index in [-0.39, 0.29) is 0 Å². The van der Waals surface area contributed by atoms with Crippen molar-refractivity contribution in [1.82, 2.24) is 0 Å². The maximum absolute atomic E-state index is 2.40. The summed E-state index contributed by atoms with van der Waals surface area (Å²) >= 11 is 1.84. The van der Waals surface area contributed by atoms with Crippen molar-refractivity contribution in [3.8, 4) is 33.4 Å². The van der Waals surface area contributed by atoms with Crippen LogP contribution in [0.2, 0.25) is 0 Å². The number of rotatable bonds is 4. The van der Waals surface area contributed by atoms with Gasteiger partial charge < -0.3 is 4.90 Å². The molecule has 234 valence electrons. The molecule has 0 amide bonds. The fraction of sp³-hybridized carbons (Fsp3) is 0. The Hall–Kier alpha value is -6.09.